The lowest BCUT2D eigenvalue weighted by molar-refractivity contribution is 0.0802. The van der Waals surface area contributed by atoms with Crippen molar-refractivity contribution in [3.63, 3.8) is 0 Å². The van der Waals surface area contributed by atoms with E-state index >= 15 is 0 Å². The van der Waals surface area contributed by atoms with Gasteiger partial charge in [0, 0.05) is 22.8 Å². The second-order valence-electron chi connectivity index (χ2n) is 5.66. The van der Waals surface area contributed by atoms with Crippen molar-refractivity contribution in [2.45, 2.75) is 27.7 Å². The highest BCUT2D eigenvalue weighted by molar-refractivity contribution is 5.91. The number of allylic oxidation sites excluding steroid dienone is 2. The predicted molar refractivity (Wildman–Crippen MR) is 109 cm³/mol. The Morgan fingerprint density at radius 1 is 1.44 bits per heavy atom. The maximum absolute atomic E-state index is 9.30. The van der Waals surface area contributed by atoms with Crippen LogP contribution < -0.4 is 4.74 Å². The molecule has 0 N–H and O–H groups in total. The van der Waals surface area contributed by atoms with Gasteiger partial charge in [-0.15, -0.1) is 12.3 Å². The number of methoxy groups -OCH3 is 1. The second kappa shape index (κ2) is 10.8. The number of benzene rings is 1. The van der Waals surface area contributed by atoms with E-state index in [9.17, 15) is 5.26 Å². The lowest BCUT2D eigenvalue weighted by Crippen LogP contribution is -1.96. The van der Waals surface area contributed by atoms with Crippen LogP contribution in [0.25, 0.3) is 16.6 Å². The summed E-state index contributed by atoms with van der Waals surface area (Å²) in [6, 6.07) is 8.09. The van der Waals surface area contributed by atoms with Crippen molar-refractivity contribution in [2.24, 2.45) is 0 Å². The molecule has 1 aromatic heterocycles. The van der Waals surface area contributed by atoms with Gasteiger partial charge < -0.3 is 18.8 Å². The van der Waals surface area contributed by atoms with Crippen LogP contribution >= 0.6 is 0 Å². The number of nitrogens with zero attached hydrogens (tertiary/aromatic N) is 2. The maximum atomic E-state index is 9.30. The first-order chi connectivity index (χ1) is 12.9. The van der Waals surface area contributed by atoms with Crippen LogP contribution in [0.3, 0.4) is 0 Å². The van der Waals surface area contributed by atoms with Crippen LogP contribution in [-0.2, 0) is 9.47 Å². The Bertz CT molecular complexity index is 900. The molecule has 5 nitrogen and oxygen atoms in total. The summed E-state index contributed by atoms with van der Waals surface area (Å²) in [7, 11) is 1.65. The van der Waals surface area contributed by atoms with E-state index in [2.05, 4.69) is 29.6 Å². The quantitative estimate of drug-likeness (QED) is 0.713. The van der Waals surface area contributed by atoms with Crippen molar-refractivity contribution in [1.82, 2.24) is 4.57 Å². The number of nitriles is 1. The molecule has 0 unspecified atom stereocenters. The fourth-order valence-corrected chi connectivity index (χ4v) is 2.57. The lowest BCUT2D eigenvalue weighted by atomic mass is 10.1. The number of aromatic nitrogens is 1. The first kappa shape index (κ1) is 21.9. The molecule has 1 aromatic carbocycles. The number of fused-ring (bicyclic) bond motifs is 1. The third-order valence-corrected chi connectivity index (χ3v) is 3.90. The van der Waals surface area contributed by atoms with Gasteiger partial charge in [0.1, 0.15) is 24.2 Å². The summed E-state index contributed by atoms with van der Waals surface area (Å²) in [6.45, 7) is 12.1. The molecule has 0 radical (unpaired) electrons. The molecule has 3 rings (SSSR count). The zero-order valence-corrected chi connectivity index (χ0v) is 16.6. The Morgan fingerprint density at radius 3 is 2.52 bits per heavy atom. The predicted octanol–water partition coefficient (Wildman–Crippen LogP) is 4.85. The summed E-state index contributed by atoms with van der Waals surface area (Å²) in [4.78, 5) is 0. The normalized spacial score (nSPS) is 12.7. The zero-order valence-electron chi connectivity index (χ0n) is 16.6. The van der Waals surface area contributed by atoms with Gasteiger partial charge in [0.2, 0.25) is 0 Å². The molecule has 1 fully saturated rings. The average molecular weight is 366 g/mol. The molecule has 2 heterocycles. The monoisotopic (exact) mass is 366 g/mol. The van der Waals surface area contributed by atoms with E-state index in [1.807, 2.05) is 45.0 Å². The molecule has 1 aliphatic rings. The minimum absolute atomic E-state index is 0.388. The van der Waals surface area contributed by atoms with E-state index < -0.39 is 0 Å². The molecular weight excluding hydrogens is 340 g/mol. The Hall–Kier alpha value is -3.15. The molecule has 5 heteroatoms. The Morgan fingerprint density at radius 2 is 2.11 bits per heavy atom. The molecule has 27 heavy (non-hydrogen) atoms. The van der Waals surface area contributed by atoms with E-state index in [0.29, 0.717) is 13.4 Å². The lowest BCUT2D eigenvalue weighted by Gasteiger charge is -2.08. The van der Waals surface area contributed by atoms with Gasteiger partial charge in [-0.2, -0.15) is 5.26 Å². The Balaban J connectivity index is 0.000000335. The van der Waals surface area contributed by atoms with Gasteiger partial charge >= 0.3 is 0 Å². The van der Waals surface area contributed by atoms with Crippen LogP contribution in [0.4, 0.5) is 0 Å². The second-order valence-corrected chi connectivity index (χ2v) is 5.66. The van der Waals surface area contributed by atoms with Crippen LogP contribution in [0, 0.1) is 30.6 Å². The summed E-state index contributed by atoms with van der Waals surface area (Å²) >= 11 is 0. The molecule has 0 amide bonds. The highest BCUT2D eigenvalue weighted by Crippen LogP contribution is 2.30. The van der Waals surface area contributed by atoms with Gasteiger partial charge in [0.25, 0.3) is 0 Å². The molecule has 0 saturated carbocycles. The van der Waals surface area contributed by atoms with Crippen molar-refractivity contribution in [2.75, 3.05) is 20.5 Å². The van der Waals surface area contributed by atoms with E-state index in [-0.39, 0.29) is 0 Å². The molecule has 0 bridgehead atoms. The van der Waals surface area contributed by atoms with Crippen molar-refractivity contribution >= 4 is 16.6 Å². The first-order valence-corrected chi connectivity index (χ1v) is 8.43. The summed E-state index contributed by atoms with van der Waals surface area (Å²) in [5, 5.41) is 10.3. The van der Waals surface area contributed by atoms with Gasteiger partial charge in [-0.05, 0) is 39.8 Å². The van der Waals surface area contributed by atoms with E-state index in [4.69, 9.17) is 14.2 Å². The molecule has 0 spiro atoms. The van der Waals surface area contributed by atoms with Crippen LogP contribution in [0.2, 0.25) is 0 Å². The van der Waals surface area contributed by atoms with Gasteiger partial charge in [-0.25, -0.2) is 0 Å². The summed E-state index contributed by atoms with van der Waals surface area (Å²) in [5.41, 5.74) is 3.82. The molecule has 0 atom stereocenters. The number of hydrogen-bond acceptors (Lipinski definition) is 4. The van der Waals surface area contributed by atoms with Crippen molar-refractivity contribution < 1.29 is 14.2 Å². The minimum atomic E-state index is 0.388. The number of ether oxygens (including phenoxy) is 3. The molecule has 0 aliphatic carbocycles. The van der Waals surface area contributed by atoms with E-state index in [1.54, 1.807) is 14.0 Å². The molecule has 1 saturated heterocycles. The zero-order chi connectivity index (χ0) is 20.4. The minimum Gasteiger partial charge on any atom is -0.497 e. The molecular formula is C22H26N2O3. The fourth-order valence-electron chi connectivity index (χ4n) is 2.57. The van der Waals surface area contributed by atoms with Crippen LogP contribution in [0.1, 0.15) is 32.0 Å². The van der Waals surface area contributed by atoms with Gasteiger partial charge in [0.05, 0.1) is 18.2 Å². The van der Waals surface area contributed by atoms with Crippen LogP contribution in [-0.4, -0.2) is 25.1 Å². The maximum Gasteiger partial charge on any atom is 0.189 e. The summed E-state index contributed by atoms with van der Waals surface area (Å²) in [6.07, 6.45) is 6.63. The fraction of sp³-hybridized carbons (Fsp3) is 0.318. The molecule has 2 aromatic rings. The third-order valence-electron chi connectivity index (χ3n) is 3.90. The largest absolute Gasteiger partial charge is 0.497 e. The number of terminal acetylenes is 1. The van der Waals surface area contributed by atoms with Crippen LogP contribution in [0.15, 0.2) is 36.6 Å². The van der Waals surface area contributed by atoms with Gasteiger partial charge in [0.15, 0.2) is 6.79 Å². The van der Waals surface area contributed by atoms with Gasteiger partial charge in [-0.3, -0.25) is 0 Å². The smallest absolute Gasteiger partial charge is 0.189 e. The topological polar surface area (TPSA) is 56.4 Å². The highest BCUT2D eigenvalue weighted by atomic mass is 16.7. The average Bonchev–Trinajstić information content (AvgIpc) is 3.25. The van der Waals surface area contributed by atoms with Crippen molar-refractivity contribution in [3.8, 4) is 24.2 Å². The Kier molecular flexibility index (Phi) is 8.72. The van der Waals surface area contributed by atoms with Crippen molar-refractivity contribution in [1.29, 1.82) is 5.26 Å². The van der Waals surface area contributed by atoms with E-state index in [1.165, 1.54) is 0 Å². The first-order valence-electron chi connectivity index (χ1n) is 8.43. The molecule has 142 valence electrons. The highest BCUT2D eigenvalue weighted by Gasteiger charge is 2.15. The number of rotatable bonds is 2. The third kappa shape index (κ3) is 5.41. The SMILES string of the molecule is C#CC.C/C=C(\C)n1c(C)c(C#N)c2ccc(OC)cc21.C=C1COCO1. The molecule has 1 aliphatic heterocycles. The standard InChI is InChI=1S/C15H16N2O.C4H6O2.C3H4/c1-5-10(2)17-11(3)14(9-16)13-7-6-12(18-4)8-15(13)17;1-4-2-5-3-6-4;1-3-2/h5-8H,1-4H3;1-3H2;1H,2H3/b10-5+;;. The van der Waals surface area contributed by atoms with Crippen molar-refractivity contribution in [3.05, 3.63) is 47.9 Å². The van der Waals surface area contributed by atoms with E-state index in [0.717, 1.165) is 39.4 Å². The van der Waals surface area contributed by atoms with Gasteiger partial charge in [-0.1, -0.05) is 12.7 Å². The Labute approximate surface area is 161 Å². The van der Waals surface area contributed by atoms with Crippen LogP contribution in [0.5, 0.6) is 5.75 Å². The summed E-state index contributed by atoms with van der Waals surface area (Å²) < 4.78 is 16.8. The number of hydrogen-bond donors (Lipinski definition) is 0. The summed E-state index contributed by atoms with van der Waals surface area (Å²) in [5.74, 6) is 3.78.